The minimum absolute atomic E-state index is 0.147. The molecule has 0 aliphatic carbocycles. The third-order valence-corrected chi connectivity index (χ3v) is 5.10. The summed E-state index contributed by atoms with van der Waals surface area (Å²) in [5.74, 6) is 1.95. The van der Waals surface area contributed by atoms with E-state index in [1.807, 2.05) is 48.2 Å². The molecule has 1 aromatic heterocycles. The number of anilines is 3. The van der Waals surface area contributed by atoms with Crippen molar-refractivity contribution >= 4 is 23.4 Å². The zero-order valence-electron chi connectivity index (χ0n) is 16.5. The molecule has 0 atom stereocenters. The quantitative estimate of drug-likeness (QED) is 0.845. The molecule has 1 aliphatic rings. The highest BCUT2D eigenvalue weighted by Gasteiger charge is 2.26. The number of hydrogen-bond acceptors (Lipinski definition) is 5. The van der Waals surface area contributed by atoms with E-state index in [0.29, 0.717) is 0 Å². The number of nitrogens with zero attached hydrogens (tertiary/aromatic N) is 4. The molecule has 27 heavy (non-hydrogen) atoms. The topological polar surface area (TPSA) is 61.4 Å². The number of carbonyl (C=O) groups is 1. The van der Waals surface area contributed by atoms with Crippen molar-refractivity contribution in [1.29, 1.82) is 0 Å². The van der Waals surface area contributed by atoms with Crippen LogP contribution in [0.1, 0.15) is 32.4 Å². The summed E-state index contributed by atoms with van der Waals surface area (Å²) in [6.07, 6.45) is 1.82. The molecule has 0 unspecified atom stereocenters. The Morgan fingerprint density at radius 2 is 1.74 bits per heavy atom. The van der Waals surface area contributed by atoms with Gasteiger partial charge in [0.05, 0.1) is 0 Å². The van der Waals surface area contributed by atoms with Crippen molar-refractivity contribution in [2.45, 2.75) is 33.6 Å². The van der Waals surface area contributed by atoms with Crippen LogP contribution in [0, 0.1) is 12.8 Å². The lowest BCUT2D eigenvalue weighted by atomic mass is 10.0. The van der Waals surface area contributed by atoms with Gasteiger partial charge in [-0.15, -0.1) is 0 Å². The van der Waals surface area contributed by atoms with Crippen LogP contribution in [0.2, 0.25) is 0 Å². The lowest BCUT2D eigenvalue weighted by Crippen LogP contribution is -2.50. The fourth-order valence-electron chi connectivity index (χ4n) is 3.45. The number of nitrogens with one attached hydrogen (secondary N) is 1. The van der Waals surface area contributed by atoms with Gasteiger partial charge in [-0.2, -0.15) is 4.98 Å². The summed E-state index contributed by atoms with van der Waals surface area (Å²) in [5.41, 5.74) is 1.93. The van der Waals surface area contributed by atoms with Crippen LogP contribution in [0.25, 0.3) is 0 Å². The average molecular weight is 367 g/mol. The molecule has 0 bridgehead atoms. The van der Waals surface area contributed by atoms with Gasteiger partial charge in [0, 0.05) is 49.5 Å². The van der Waals surface area contributed by atoms with Gasteiger partial charge in [-0.05, 0) is 31.9 Å². The second kappa shape index (κ2) is 8.84. The molecule has 0 spiro atoms. The summed E-state index contributed by atoms with van der Waals surface area (Å²) in [5, 5.41) is 3.34. The predicted molar refractivity (Wildman–Crippen MR) is 109 cm³/mol. The Balaban J connectivity index is 1.66. The summed E-state index contributed by atoms with van der Waals surface area (Å²) >= 11 is 0. The fraction of sp³-hybridized carbons (Fsp3) is 0.476. The third-order valence-electron chi connectivity index (χ3n) is 5.10. The van der Waals surface area contributed by atoms with Crippen molar-refractivity contribution in [2.24, 2.45) is 5.92 Å². The zero-order valence-corrected chi connectivity index (χ0v) is 16.5. The van der Waals surface area contributed by atoms with E-state index < -0.39 is 0 Å². The van der Waals surface area contributed by atoms with E-state index in [2.05, 4.69) is 29.0 Å². The van der Waals surface area contributed by atoms with Crippen molar-refractivity contribution in [3.8, 4) is 0 Å². The van der Waals surface area contributed by atoms with Crippen molar-refractivity contribution < 1.29 is 4.79 Å². The number of aromatic nitrogens is 2. The van der Waals surface area contributed by atoms with E-state index in [0.717, 1.165) is 62.2 Å². The van der Waals surface area contributed by atoms with Crippen LogP contribution in [0.3, 0.4) is 0 Å². The second-order valence-electron chi connectivity index (χ2n) is 7.01. The molecule has 6 nitrogen and oxygen atoms in total. The highest BCUT2D eigenvalue weighted by atomic mass is 16.2. The minimum Gasteiger partial charge on any atom is -0.340 e. The molecule has 6 heteroatoms. The van der Waals surface area contributed by atoms with Gasteiger partial charge in [0.15, 0.2) is 0 Å². The smallest absolute Gasteiger partial charge is 0.227 e. The van der Waals surface area contributed by atoms with E-state index in [-0.39, 0.29) is 11.8 Å². The monoisotopic (exact) mass is 367 g/mol. The highest BCUT2D eigenvalue weighted by molar-refractivity contribution is 5.79. The van der Waals surface area contributed by atoms with Gasteiger partial charge in [0.25, 0.3) is 0 Å². The van der Waals surface area contributed by atoms with E-state index in [4.69, 9.17) is 4.98 Å². The predicted octanol–water partition coefficient (Wildman–Crippen LogP) is 3.61. The summed E-state index contributed by atoms with van der Waals surface area (Å²) in [6, 6.07) is 12.0. The summed E-state index contributed by atoms with van der Waals surface area (Å²) in [4.78, 5) is 26.0. The first-order chi connectivity index (χ1) is 13.1. The Hall–Kier alpha value is -2.63. The van der Waals surface area contributed by atoms with Gasteiger partial charge in [-0.1, -0.05) is 32.0 Å². The third kappa shape index (κ3) is 4.76. The lowest BCUT2D eigenvalue weighted by molar-refractivity contribution is -0.136. The van der Waals surface area contributed by atoms with Gasteiger partial charge in [0.2, 0.25) is 11.9 Å². The molecule has 2 aromatic rings. The van der Waals surface area contributed by atoms with Crippen LogP contribution in [0.4, 0.5) is 17.5 Å². The van der Waals surface area contributed by atoms with Crippen molar-refractivity contribution in [3.63, 3.8) is 0 Å². The molecule has 1 saturated heterocycles. The van der Waals surface area contributed by atoms with E-state index in [1.54, 1.807) is 0 Å². The van der Waals surface area contributed by atoms with Gasteiger partial charge in [-0.3, -0.25) is 4.79 Å². The maximum absolute atomic E-state index is 12.6. The molecule has 0 saturated carbocycles. The van der Waals surface area contributed by atoms with Crippen LogP contribution in [-0.2, 0) is 4.79 Å². The first-order valence-electron chi connectivity index (χ1n) is 9.82. The van der Waals surface area contributed by atoms with Crippen LogP contribution in [0.15, 0.2) is 36.4 Å². The molecular weight excluding hydrogens is 338 g/mol. The number of benzene rings is 1. The van der Waals surface area contributed by atoms with Crippen molar-refractivity contribution in [3.05, 3.63) is 42.1 Å². The number of para-hydroxylation sites is 1. The van der Waals surface area contributed by atoms with Crippen molar-refractivity contribution in [1.82, 2.24) is 14.9 Å². The van der Waals surface area contributed by atoms with Crippen LogP contribution < -0.4 is 10.2 Å². The summed E-state index contributed by atoms with van der Waals surface area (Å²) in [6.45, 7) is 9.14. The Morgan fingerprint density at radius 3 is 2.37 bits per heavy atom. The minimum atomic E-state index is 0.147. The number of piperazine rings is 1. The molecule has 0 radical (unpaired) electrons. The number of amides is 1. The first kappa shape index (κ1) is 19.1. The number of rotatable bonds is 6. The Kier molecular flexibility index (Phi) is 6.27. The van der Waals surface area contributed by atoms with Crippen LogP contribution >= 0.6 is 0 Å². The average Bonchev–Trinajstić information content (AvgIpc) is 2.69. The molecule has 2 heterocycles. The van der Waals surface area contributed by atoms with Gasteiger partial charge >= 0.3 is 0 Å². The normalized spacial score (nSPS) is 14.5. The maximum atomic E-state index is 12.6. The van der Waals surface area contributed by atoms with Gasteiger partial charge in [-0.25, -0.2) is 4.98 Å². The number of carbonyl (C=O) groups excluding carboxylic acids is 1. The molecule has 1 N–H and O–H groups in total. The largest absolute Gasteiger partial charge is 0.340 e. The lowest BCUT2D eigenvalue weighted by Gasteiger charge is -2.36. The standard InChI is InChI=1S/C21H29N5O/c1-4-17(5-2)20(27)25-11-13-26(14-12-25)21-22-16(3)15-19(24-21)23-18-9-7-6-8-10-18/h6-10,15,17H,4-5,11-14H2,1-3H3,(H,22,23,24). The highest BCUT2D eigenvalue weighted by Crippen LogP contribution is 2.20. The number of aryl methyl sites for hydroxylation is 1. The SMILES string of the molecule is CCC(CC)C(=O)N1CCN(c2nc(C)cc(Nc3ccccc3)n2)CC1. The van der Waals surface area contributed by atoms with Gasteiger partial charge < -0.3 is 15.1 Å². The van der Waals surface area contributed by atoms with E-state index >= 15 is 0 Å². The molecule has 1 aliphatic heterocycles. The van der Waals surface area contributed by atoms with E-state index in [9.17, 15) is 4.79 Å². The Labute approximate surface area is 161 Å². The van der Waals surface area contributed by atoms with Crippen molar-refractivity contribution in [2.75, 3.05) is 36.4 Å². The summed E-state index contributed by atoms with van der Waals surface area (Å²) in [7, 11) is 0. The Bertz CT molecular complexity index is 752. The first-order valence-corrected chi connectivity index (χ1v) is 9.82. The Morgan fingerprint density at radius 1 is 1.07 bits per heavy atom. The zero-order chi connectivity index (χ0) is 19.2. The maximum Gasteiger partial charge on any atom is 0.227 e. The van der Waals surface area contributed by atoms with Crippen LogP contribution in [-0.4, -0.2) is 47.0 Å². The number of hydrogen-bond donors (Lipinski definition) is 1. The van der Waals surface area contributed by atoms with Gasteiger partial charge in [0.1, 0.15) is 5.82 Å². The molecule has 144 valence electrons. The molecule has 1 fully saturated rings. The molecule has 1 aromatic carbocycles. The van der Waals surface area contributed by atoms with Crippen LogP contribution in [0.5, 0.6) is 0 Å². The molecular formula is C21H29N5O. The van der Waals surface area contributed by atoms with E-state index in [1.165, 1.54) is 0 Å². The molecule has 3 rings (SSSR count). The molecule has 1 amide bonds. The summed E-state index contributed by atoms with van der Waals surface area (Å²) < 4.78 is 0. The fourth-order valence-corrected chi connectivity index (χ4v) is 3.45. The second-order valence-corrected chi connectivity index (χ2v) is 7.01.